The van der Waals surface area contributed by atoms with Crippen molar-refractivity contribution in [1.29, 1.82) is 0 Å². The second kappa shape index (κ2) is 4.13. The molecule has 4 heteroatoms. The summed E-state index contributed by atoms with van der Waals surface area (Å²) in [5.74, 6) is 0.0701. The summed E-state index contributed by atoms with van der Waals surface area (Å²) in [5, 5.41) is 6.38. The maximum Gasteiger partial charge on any atom is 0.246 e. The Bertz CT molecular complexity index is 446. The minimum atomic E-state index is -0.178. The number of hydrogen-bond donors (Lipinski definition) is 2. The zero-order valence-corrected chi connectivity index (χ0v) is 9.94. The van der Waals surface area contributed by atoms with E-state index in [0.717, 1.165) is 30.8 Å². The second-order valence-electron chi connectivity index (χ2n) is 4.92. The predicted octanol–water partition coefficient (Wildman–Crippen LogP) is 0.973. The Morgan fingerprint density at radius 2 is 2.24 bits per heavy atom. The van der Waals surface area contributed by atoms with Crippen LogP contribution in [0.2, 0.25) is 0 Å². The summed E-state index contributed by atoms with van der Waals surface area (Å²) >= 11 is 0. The monoisotopic (exact) mass is 231 g/mol. The van der Waals surface area contributed by atoms with Crippen molar-refractivity contribution < 1.29 is 4.79 Å². The van der Waals surface area contributed by atoms with Crippen molar-refractivity contribution in [2.45, 2.75) is 18.5 Å². The van der Waals surface area contributed by atoms with Crippen LogP contribution >= 0.6 is 0 Å². The van der Waals surface area contributed by atoms with Crippen LogP contribution in [0.15, 0.2) is 24.3 Å². The molecule has 2 aliphatic heterocycles. The number of likely N-dealkylation sites (tertiary alicyclic amines) is 1. The summed E-state index contributed by atoms with van der Waals surface area (Å²) in [4.78, 5) is 14.2. The molecule has 1 amide bonds. The number of amides is 1. The molecule has 2 N–H and O–H groups in total. The Hall–Kier alpha value is -1.39. The van der Waals surface area contributed by atoms with Crippen LogP contribution in [0.1, 0.15) is 18.0 Å². The zero-order chi connectivity index (χ0) is 11.8. The lowest BCUT2D eigenvalue weighted by Crippen LogP contribution is -2.37. The molecule has 0 aromatic heterocycles. The number of benzene rings is 1. The Kier molecular flexibility index (Phi) is 2.61. The molecule has 4 nitrogen and oxygen atoms in total. The summed E-state index contributed by atoms with van der Waals surface area (Å²) in [5.41, 5.74) is 2.02. The van der Waals surface area contributed by atoms with Gasteiger partial charge >= 0.3 is 0 Å². The minimum absolute atomic E-state index is 0.0701. The maximum absolute atomic E-state index is 11.9. The van der Waals surface area contributed by atoms with E-state index in [-0.39, 0.29) is 11.9 Å². The summed E-state index contributed by atoms with van der Waals surface area (Å²) in [6, 6.07) is 8.14. The molecule has 3 rings (SSSR count). The number of carbonyl (C=O) groups is 1. The topological polar surface area (TPSA) is 44.4 Å². The number of rotatable bonds is 2. The highest BCUT2D eigenvalue weighted by molar-refractivity contribution is 6.02. The van der Waals surface area contributed by atoms with Crippen molar-refractivity contribution in [2.75, 3.05) is 25.5 Å². The van der Waals surface area contributed by atoms with Crippen LogP contribution in [0.5, 0.6) is 0 Å². The van der Waals surface area contributed by atoms with Gasteiger partial charge in [0.2, 0.25) is 5.91 Å². The van der Waals surface area contributed by atoms with Crippen LogP contribution < -0.4 is 10.6 Å². The standard InChI is InChI=1S/C13H17N3O/c1-16-7-6-9(8-16)14-12-10-4-2-3-5-11(10)15-13(12)17/h2-5,9,12,14H,6-8H2,1H3,(H,15,17). The Balaban J connectivity index is 1.77. The summed E-state index contributed by atoms with van der Waals surface area (Å²) in [7, 11) is 2.12. The van der Waals surface area contributed by atoms with E-state index in [1.54, 1.807) is 0 Å². The number of para-hydroxylation sites is 1. The molecular formula is C13H17N3O. The number of carbonyl (C=O) groups excluding carboxylic acids is 1. The molecule has 1 aromatic carbocycles. The van der Waals surface area contributed by atoms with Gasteiger partial charge in [0.15, 0.2) is 0 Å². The number of likely N-dealkylation sites (N-methyl/N-ethyl adjacent to an activating group) is 1. The zero-order valence-electron chi connectivity index (χ0n) is 9.94. The largest absolute Gasteiger partial charge is 0.324 e. The SMILES string of the molecule is CN1CCC(NC2C(=O)Nc3ccccc32)C1. The Morgan fingerprint density at radius 3 is 3.00 bits per heavy atom. The average Bonchev–Trinajstić information content (AvgIpc) is 2.85. The van der Waals surface area contributed by atoms with Crippen molar-refractivity contribution in [3.05, 3.63) is 29.8 Å². The highest BCUT2D eigenvalue weighted by atomic mass is 16.2. The highest BCUT2D eigenvalue weighted by Crippen LogP contribution is 2.31. The number of anilines is 1. The molecule has 0 spiro atoms. The van der Waals surface area contributed by atoms with Gasteiger partial charge in [-0.1, -0.05) is 18.2 Å². The number of nitrogens with one attached hydrogen (secondary N) is 2. The third-order valence-electron chi connectivity index (χ3n) is 3.59. The number of nitrogens with zero attached hydrogens (tertiary/aromatic N) is 1. The fourth-order valence-electron chi connectivity index (χ4n) is 2.68. The number of hydrogen-bond acceptors (Lipinski definition) is 3. The van der Waals surface area contributed by atoms with Crippen molar-refractivity contribution in [2.24, 2.45) is 0 Å². The first-order valence-corrected chi connectivity index (χ1v) is 6.08. The second-order valence-corrected chi connectivity index (χ2v) is 4.92. The summed E-state index contributed by atoms with van der Waals surface area (Å²) in [6.45, 7) is 2.12. The van der Waals surface area contributed by atoms with Crippen molar-refractivity contribution >= 4 is 11.6 Å². The maximum atomic E-state index is 11.9. The molecule has 2 unspecified atom stereocenters. The van der Waals surface area contributed by atoms with Crippen LogP contribution in [-0.4, -0.2) is 37.0 Å². The first kappa shape index (κ1) is 10.7. The molecule has 0 aliphatic carbocycles. The van der Waals surface area contributed by atoms with Crippen LogP contribution in [0, 0.1) is 0 Å². The third-order valence-corrected chi connectivity index (χ3v) is 3.59. The average molecular weight is 231 g/mol. The lowest BCUT2D eigenvalue weighted by Gasteiger charge is -2.17. The molecular weight excluding hydrogens is 214 g/mol. The van der Waals surface area contributed by atoms with Gasteiger partial charge in [-0.2, -0.15) is 0 Å². The smallest absolute Gasteiger partial charge is 0.246 e. The molecule has 0 bridgehead atoms. The molecule has 2 aliphatic rings. The van der Waals surface area contributed by atoms with Crippen molar-refractivity contribution in [1.82, 2.24) is 10.2 Å². The molecule has 1 saturated heterocycles. The fraction of sp³-hybridized carbons (Fsp3) is 0.462. The van der Waals surface area contributed by atoms with Crippen LogP contribution in [0.4, 0.5) is 5.69 Å². The van der Waals surface area contributed by atoms with Gasteiger partial charge in [0.1, 0.15) is 6.04 Å². The van der Waals surface area contributed by atoms with Crippen LogP contribution in [-0.2, 0) is 4.79 Å². The van der Waals surface area contributed by atoms with Crippen molar-refractivity contribution in [3.8, 4) is 0 Å². The van der Waals surface area contributed by atoms with Gasteiger partial charge in [-0.3, -0.25) is 10.1 Å². The van der Waals surface area contributed by atoms with E-state index in [1.807, 2.05) is 24.3 Å². The van der Waals surface area contributed by atoms with E-state index in [9.17, 15) is 4.79 Å². The van der Waals surface area contributed by atoms with Gasteiger partial charge in [0, 0.05) is 23.8 Å². The molecule has 2 heterocycles. The normalized spacial score (nSPS) is 28.2. The lowest BCUT2D eigenvalue weighted by atomic mass is 10.1. The van der Waals surface area contributed by atoms with E-state index in [4.69, 9.17) is 0 Å². The van der Waals surface area contributed by atoms with E-state index >= 15 is 0 Å². The summed E-state index contributed by atoms with van der Waals surface area (Å²) < 4.78 is 0. The molecule has 0 saturated carbocycles. The first-order chi connectivity index (χ1) is 8.24. The number of fused-ring (bicyclic) bond motifs is 1. The first-order valence-electron chi connectivity index (χ1n) is 6.08. The molecule has 0 radical (unpaired) electrons. The van der Waals surface area contributed by atoms with E-state index in [2.05, 4.69) is 22.6 Å². The molecule has 2 atom stereocenters. The fourth-order valence-corrected chi connectivity index (χ4v) is 2.68. The van der Waals surface area contributed by atoms with Crippen LogP contribution in [0.25, 0.3) is 0 Å². The highest BCUT2D eigenvalue weighted by Gasteiger charge is 2.33. The lowest BCUT2D eigenvalue weighted by molar-refractivity contribution is -0.117. The van der Waals surface area contributed by atoms with Gasteiger partial charge in [-0.05, 0) is 26.1 Å². The predicted molar refractivity (Wildman–Crippen MR) is 66.9 cm³/mol. The summed E-state index contributed by atoms with van der Waals surface area (Å²) in [6.07, 6.45) is 1.11. The third kappa shape index (κ3) is 1.94. The van der Waals surface area contributed by atoms with Crippen molar-refractivity contribution in [3.63, 3.8) is 0 Å². The Morgan fingerprint density at radius 1 is 1.41 bits per heavy atom. The van der Waals surface area contributed by atoms with E-state index in [0.29, 0.717) is 6.04 Å². The molecule has 1 fully saturated rings. The molecule has 1 aromatic rings. The Labute approximate surface area is 101 Å². The van der Waals surface area contributed by atoms with Gasteiger partial charge in [0.05, 0.1) is 0 Å². The van der Waals surface area contributed by atoms with Crippen LogP contribution in [0.3, 0.4) is 0 Å². The minimum Gasteiger partial charge on any atom is -0.324 e. The van der Waals surface area contributed by atoms with Gasteiger partial charge in [-0.25, -0.2) is 0 Å². The van der Waals surface area contributed by atoms with Gasteiger partial charge in [-0.15, -0.1) is 0 Å². The van der Waals surface area contributed by atoms with Gasteiger partial charge < -0.3 is 10.2 Å². The van der Waals surface area contributed by atoms with Gasteiger partial charge in [0.25, 0.3) is 0 Å². The quantitative estimate of drug-likeness (QED) is 0.797. The molecule has 17 heavy (non-hydrogen) atoms. The van der Waals surface area contributed by atoms with E-state index < -0.39 is 0 Å². The molecule has 90 valence electrons. The van der Waals surface area contributed by atoms with E-state index in [1.165, 1.54) is 0 Å².